The van der Waals surface area contributed by atoms with Crippen molar-refractivity contribution < 1.29 is 0 Å². The standard InChI is InChI=1S/C20H22ClN5/c1-12-9-13(2)18(14(3)10-12)25-20-24-15(4)23-19(26-20)22-11-16-5-7-17(21)8-6-16/h5-10H,11H2,1-4H3,(H2,22,23,24,25,26). The molecule has 5 nitrogen and oxygen atoms in total. The molecule has 0 radical (unpaired) electrons. The lowest BCUT2D eigenvalue weighted by molar-refractivity contribution is 0.958. The van der Waals surface area contributed by atoms with Gasteiger partial charge in [0.15, 0.2) is 0 Å². The van der Waals surface area contributed by atoms with Gasteiger partial charge < -0.3 is 10.6 Å². The summed E-state index contributed by atoms with van der Waals surface area (Å²) in [4.78, 5) is 13.3. The summed E-state index contributed by atoms with van der Waals surface area (Å²) in [5, 5.41) is 7.30. The van der Waals surface area contributed by atoms with E-state index in [1.807, 2.05) is 31.2 Å². The van der Waals surface area contributed by atoms with Crippen molar-refractivity contribution in [1.82, 2.24) is 15.0 Å². The minimum Gasteiger partial charge on any atom is -0.350 e. The molecule has 0 aliphatic rings. The first kappa shape index (κ1) is 18.1. The van der Waals surface area contributed by atoms with Crippen LogP contribution in [0.5, 0.6) is 0 Å². The zero-order valence-electron chi connectivity index (χ0n) is 15.4. The second-order valence-corrected chi connectivity index (χ2v) is 6.85. The highest BCUT2D eigenvalue weighted by Crippen LogP contribution is 2.24. The van der Waals surface area contributed by atoms with Crippen LogP contribution in [0.4, 0.5) is 17.6 Å². The molecule has 2 N–H and O–H groups in total. The summed E-state index contributed by atoms with van der Waals surface area (Å²) in [5.41, 5.74) is 5.70. The third-order valence-electron chi connectivity index (χ3n) is 4.02. The second-order valence-electron chi connectivity index (χ2n) is 6.41. The molecule has 6 heteroatoms. The van der Waals surface area contributed by atoms with Crippen molar-refractivity contribution in [2.75, 3.05) is 10.6 Å². The van der Waals surface area contributed by atoms with E-state index in [2.05, 4.69) is 58.5 Å². The molecule has 134 valence electrons. The molecule has 0 aliphatic heterocycles. The van der Waals surface area contributed by atoms with Crippen LogP contribution in [0.3, 0.4) is 0 Å². The minimum atomic E-state index is 0.533. The highest BCUT2D eigenvalue weighted by Gasteiger charge is 2.08. The Morgan fingerprint density at radius 3 is 2.12 bits per heavy atom. The fraction of sp³-hybridized carbons (Fsp3) is 0.250. The fourth-order valence-electron chi connectivity index (χ4n) is 2.89. The molecular formula is C20H22ClN5. The highest BCUT2D eigenvalue weighted by atomic mass is 35.5. The summed E-state index contributed by atoms with van der Waals surface area (Å²) in [6, 6.07) is 12.0. The average Bonchev–Trinajstić information content (AvgIpc) is 2.57. The van der Waals surface area contributed by atoms with E-state index in [0.29, 0.717) is 24.3 Å². The summed E-state index contributed by atoms with van der Waals surface area (Å²) < 4.78 is 0. The smallest absolute Gasteiger partial charge is 0.232 e. The Morgan fingerprint density at radius 2 is 1.46 bits per heavy atom. The van der Waals surface area contributed by atoms with Crippen LogP contribution in [0.2, 0.25) is 5.02 Å². The van der Waals surface area contributed by atoms with Crippen LogP contribution in [0.15, 0.2) is 36.4 Å². The molecule has 0 fully saturated rings. The van der Waals surface area contributed by atoms with Crippen molar-refractivity contribution in [3.63, 3.8) is 0 Å². The van der Waals surface area contributed by atoms with Gasteiger partial charge in [0.05, 0.1) is 0 Å². The average molecular weight is 368 g/mol. The van der Waals surface area contributed by atoms with E-state index < -0.39 is 0 Å². The summed E-state index contributed by atoms with van der Waals surface area (Å²) in [7, 11) is 0. The van der Waals surface area contributed by atoms with Gasteiger partial charge >= 0.3 is 0 Å². The van der Waals surface area contributed by atoms with Crippen molar-refractivity contribution in [3.8, 4) is 0 Å². The lowest BCUT2D eigenvalue weighted by atomic mass is 10.1. The third kappa shape index (κ3) is 4.49. The predicted molar refractivity (Wildman–Crippen MR) is 107 cm³/mol. The Balaban J connectivity index is 1.78. The summed E-state index contributed by atoms with van der Waals surface area (Å²) in [6.45, 7) is 8.72. The number of halogens is 1. The Kier molecular flexibility index (Phi) is 5.38. The van der Waals surface area contributed by atoms with Gasteiger partial charge in [-0.05, 0) is 56.5 Å². The minimum absolute atomic E-state index is 0.533. The van der Waals surface area contributed by atoms with Gasteiger partial charge in [-0.1, -0.05) is 41.4 Å². The molecular weight excluding hydrogens is 346 g/mol. The topological polar surface area (TPSA) is 62.7 Å². The van der Waals surface area contributed by atoms with Gasteiger partial charge in [0.2, 0.25) is 11.9 Å². The molecule has 3 rings (SSSR count). The molecule has 26 heavy (non-hydrogen) atoms. The van der Waals surface area contributed by atoms with Gasteiger partial charge in [0, 0.05) is 17.3 Å². The van der Waals surface area contributed by atoms with Crippen molar-refractivity contribution in [1.29, 1.82) is 0 Å². The van der Waals surface area contributed by atoms with Crippen LogP contribution in [0.25, 0.3) is 0 Å². The molecule has 2 aromatic carbocycles. The Bertz CT molecular complexity index is 899. The Labute approximate surface area is 158 Å². The first-order valence-corrected chi connectivity index (χ1v) is 8.84. The first-order chi connectivity index (χ1) is 12.4. The number of nitrogens with one attached hydrogen (secondary N) is 2. The van der Waals surface area contributed by atoms with E-state index in [1.54, 1.807) is 0 Å². The number of benzene rings is 2. The number of hydrogen-bond donors (Lipinski definition) is 2. The van der Waals surface area contributed by atoms with Crippen LogP contribution in [-0.2, 0) is 6.54 Å². The molecule has 0 saturated heterocycles. The summed E-state index contributed by atoms with van der Waals surface area (Å²) >= 11 is 5.92. The number of aromatic nitrogens is 3. The zero-order valence-corrected chi connectivity index (χ0v) is 16.1. The predicted octanol–water partition coefficient (Wildman–Crippen LogP) is 5.11. The van der Waals surface area contributed by atoms with Crippen LogP contribution in [-0.4, -0.2) is 15.0 Å². The lowest BCUT2D eigenvalue weighted by Gasteiger charge is -2.14. The summed E-state index contributed by atoms with van der Waals surface area (Å²) in [6.07, 6.45) is 0. The molecule has 0 unspecified atom stereocenters. The van der Waals surface area contributed by atoms with Crippen molar-refractivity contribution in [2.24, 2.45) is 0 Å². The maximum atomic E-state index is 5.92. The highest BCUT2D eigenvalue weighted by molar-refractivity contribution is 6.30. The molecule has 0 amide bonds. The monoisotopic (exact) mass is 367 g/mol. The SMILES string of the molecule is Cc1cc(C)c(Nc2nc(C)nc(NCc3ccc(Cl)cc3)n2)c(C)c1. The van der Waals surface area contributed by atoms with Gasteiger partial charge in [-0.2, -0.15) is 15.0 Å². The first-order valence-electron chi connectivity index (χ1n) is 8.46. The molecule has 0 atom stereocenters. The van der Waals surface area contributed by atoms with E-state index >= 15 is 0 Å². The van der Waals surface area contributed by atoms with E-state index in [0.717, 1.165) is 27.4 Å². The van der Waals surface area contributed by atoms with Crippen molar-refractivity contribution in [3.05, 3.63) is 69.5 Å². The van der Waals surface area contributed by atoms with E-state index in [9.17, 15) is 0 Å². The number of hydrogen-bond acceptors (Lipinski definition) is 5. The van der Waals surface area contributed by atoms with Gasteiger partial charge in [-0.25, -0.2) is 0 Å². The zero-order chi connectivity index (χ0) is 18.7. The number of nitrogens with zero attached hydrogens (tertiary/aromatic N) is 3. The number of aryl methyl sites for hydroxylation is 4. The Morgan fingerprint density at radius 1 is 0.846 bits per heavy atom. The largest absolute Gasteiger partial charge is 0.350 e. The lowest BCUT2D eigenvalue weighted by Crippen LogP contribution is -2.09. The van der Waals surface area contributed by atoms with Gasteiger partial charge in [-0.3, -0.25) is 0 Å². The number of rotatable bonds is 5. The molecule has 0 saturated carbocycles. The molecule has 1 heterocycles. The van der Waals surface area contributed by atoms with Gasteiger partial charge in [0.1, 0.15) is 5.82 Å². The molecule has 0 bridgehead atoms. The van der Waals surface area contributed by atoms with Crippen LogP contribution in [0.1, 0.15) is 28.1 Å². The van der Waals surface area contributed by atoms with E-state index in [-0.39, 0.29) is 0 Å². The normalized spacial score (nSPS) is 10.7. The molecule has 0 aliphatic carbocycles. The van der Waals surface area contributed by atoms with Crippen LogP contribution in [0, 0.1) is 27.7 Å². The molecule has 0 spiro atoms. The van der Waals surface area contributed by atoms with Crippen molar-refractivity contribution in [2.45, 2.75) is 34.2 Å². The maximum absolute atomic E-state index is 5.92. The fourth-order valence-corrected chi connectivity index (χ4v) is 3.02. The summed E-state index contributed by atoms with van der Waals surface area (Å²) in [5.74, 6) is 1.73. The third-order valence-corrected chi connectivity index (χ3v) is 4.28. The number of anilines is 3. The molecule has 1 aromatic heterocycles. The van der Waals surface area contributed by atoms with Crippen LogP contribution >= 0.6 is 11.6 Å². The quantitative estimate of drug-likeness (QED) is 0.655. The van der Waals surface area contributed by atoms with Crippen LogP contribution < -0.4 is 10.6 Å². The van der Waals surface area contributed by atoms with E-state index in [1.165, 1.54) is 5.56 Å². The van der Waals surface area contributed by atoms with Gasteiger partial charge in [-0.15, -0.1) is 0 Å². The van der Waals surface area contributed by atoms with E-state index in [4.69, 9.17) is 11.6 Å². The second kappa shape index (κ2) is 7.70. The maximum Gasteiger partial charge on any atom is 0.232 e. The molecule has 3 aromatic rings. The van der Waals surface area contributed by atoms with Crippen molar-refractivity contribution >= 4 is 29.2 Å². The Hall–Kier alpha value is -2.66. The van der Waals surface area contributed by atoms with Gasteiger partial charge in [0.25, 0.3) is 0 Å².